The average Bonchev–Trinajstić information content (AvgIpc) is 2.26. The third-order valence-corrected chi connectivity index (χ3v) is 1.92. The number of halogens is 1. The van der Waals surface area contributed by atoms with Crippen LogP contribution in [0.1, 0.15) is 48.0 Å². The van der Waals surface area contributed by atoms with E-state index in [2.05, 4.69) is 6.58 Å². The van der Waals surface area contributed by atoms with Crippen LogP contribution in [0.2, 0.25) is 0 Å². The molecule has 0 aromatic carbocycles. The van der Waals surface area contributed by atoms with Gasteiger partial charge in [-0.3, -0.25) is 0 Å². The van der Waals surface area contributed by atoms with Gasteiger partial charge in [-0.2, -0.15) is 0 Å². The summed E-state index contributed by atoms with van der Waals surface area (Å²) in [6.07, 6.45) is 4.83. The monoisotopic (exact) mass is 272 g/mol. The summed E-state index contributed by atoms with van der Waals surface area (Å²) < 4.78 is 18.4. The summed E-state index contributed by atoms with van der Waals surface area (Å²) in [5.41, 5.74) is -0.757. The first-order valence-electron chi connectivity index (χ1n) is 6.80. The standard InChI is InChI=1S/C14H23FO2.C2H6/c1-11(2)10-13(15)7-6-12(3)17-9-8-14(4,5)16;1-2/h6-7,10-11,16H,3,8-9H2,1-2,4-5H3;1-2H3/b7-6-,13-10+;. The van der Waals surface area contributed by atoms with Crippen LogP contribution < -0.4 is 0 Å². The fourth-order valence-corrected chi connectivity index (χ4v) is 1.03. The van der Waals surface area contributed by atoms with Gasteiger partial charge < -0.3 is 9.84 Å². The summed E-state index contributed by atoms with van der Waals surface area (Å²) in [5.74, 6) is 0.262. The van der Waals surface area contributed by atoms with E-state index < -0.39 is 5.60 Å². The molecule has 0 fully saturated rings. The molecule has 0 aromatic heterocycles. The summed E-state index contributed by atoms with van der Waals surface area (Å²) in [6, 6.07) is 0. The van der Waals surface area contributed by atoms with Gasteiger partial charge in [-0.1, -0.05) is 34.3 Å². The molecule has 0 aliphatic rings. The molecule has 0 unspecified atom stereocenters. The Morgan fingerprint density at radius 3 is 2.26 bits per heavy atom. The first kappa shape index (κ1) is 20.2. The summed E-state index contributed by atoms with van der Waals surface area (Å²) in [6.45, 7) is 15.2. The van der Waals surface area contributed by atoms with Crippen LogP contribution in [-0.2, 0) is 4.74 Å². The number of ether oxygens (including phenoxy) is 1. The van der Waals surface area contributed by atoms with Crippen LogP contribution in [0, 0.1) is 5.92 Å². The van der Waals surface area contributed by atoms with Gasteiger partial charge in [0, 0.05) is 6.42 Å². The Bertz CT molecular complexity index is 296. The van der Waals surface area contributed by atoms with Crippen molar-refractivity contribution < 1.29 is 14.2 Å². The highest BCUT2D eigenvalue weighted by Gasteiger charge is 2.11. The molecule has 0 aromatic rings. The number of aliphatic hydroxyl groups is 1. The Labute approximate surface area is 117 Å². The van der Waals surface area contributed by atoms with E-state index in [1.54, 1.807) is 13.8 Å². The van der Waals surface area contributed by atoms with Crippen LogP contribution in [0.15, 0.2) is 36.4 Å². The maximum atomic E-state index is 13.2. The van der Waals surface area contributed by atoms with Gasteiger partial charge in [0.25, 0.3) is 0 Å². The van der Waals surface area contributed by atoms with E-state index in [1.807, 2.05) is 27.7 Å². The van der Waals surface area contributed by atoms with Crippen LogP contribution in [-0.4, -0.2) is 17.3 Å². The lowest BCUT2D eigenvalue weighted by Gasteiger charge is -2.16. The molecule has 112 valence electrons. The maximum Gasteiger partial charge on any atom is 0.119 e. The predicted molar refractivity (Wildman–Crippen MR) is 80.5 cm³/mol. The van der Waals surface area contributed by atoms with Crippen molar-refractivity contribution in [2.24, 2.45) is 5.92 Å². The Kier molecular flexibility index (Phi) is 11.5. The van der Waals surface area contributed by atoms with E-state index in [0.29, 0.717) is 18.8 Å². The first-order valence-corrected chi connectivity index (χ1v) is 6.80. The molecule has 0 saturated heterocycles. The van der Waals surface area contributed by atoms with E-state index in [1.165, 1.54) is 18.2 Å². The second-order valence-electron chi connectivity index (χ2n) is 5.01. The molecule has 0 rings (SSSR count). The molecule has 0 aliphatic heterocycles. The zero-order valence-corrected chi connectivity index (χ0v) is 13.2. The third kappa shape index (κ3) is 16.9. The summed E-state index contributed by atoms with van der Waals surface area (Å²) in [7, 11) is 0. The van der Waals surface area contributed by atoms with Crippen molar-refractivity contribution in [3.8, 4) is 0 Å². The molecule has 3 heteroatoms. The zero-order valence-electron chi connectivity index (χ0n) is 13.2. The van der Waals surface area contributed by atoms with E-state index in [9.17, 15) is 9.50 Å². The Balaban J connectivity index is 0. The average molecular weight is 272 g/mol. The number of allylic oxidation sites excluding steroid dienone is 4. The van der Waals surface area contributed by atoms with Gasteiger partial charge in [-0.15, -0.1) is 0 Å². The van der Waals surface area contributed by atoms with Gasteiger partial charge in [-0.25, -0.2) is 4.39 Å². The van der Waals surface area contributed by atoms with Crippen LogP contribution in [0.25, 0.3) is 0 Å². The molecule has 1 N–H and O–H groups in total. The molecule has 0 amide bonds. The van der Waals surface area contributed by atoms with Gasteiger partial charge in [0.05, 0.1) is 12.2 Å². The van der Waals surface area contributed by atoms with Crippen molar-refractivity contribution >= 4 is 0 Å². The van der Waals surface area contributed by atoms with Gasteiger partial charge in [0.2, 0.25) is 0 Å². The minimum absolute atomic E-state index is 0.170. The van der Waals surface area contributed by atoms with Crippen molar-refractivity contribution in [3.05, 3.63) is 36.4 Å². The van der Waals surface area contributed by atoms with E-state index in [-0.39, 0.29) is 11.7 Å². The Morgan fingerprint density at radius 2 is 1.84 bits per heavy atom. The number of hydrogen-bond acceptors (Lipinski definition) is 2. The van der Waals surface area contributed by atoms with Crippen LogP contribution >= 0.6 is 0 Å². The van der Waals surface area contributed by atoms with Gasteiger partial charge in [-0.05, 0) is 38.0 Å². The van der Waals surface area contributed by atoms with E-state index >= 15 is 0 Å². The maximum absolute atomic E-state index is 13.2. The lowest BCUT2D eigenvalue weighted by atomic mass is 10.1. The van der Waals surface area contributed by atoms with Gasteiger partial charge >= 0.3 is 0 Å². The van der Waals surface area contributed by atoms with Crippen molar-refractivity contribution in [1.82, 2.24) is 0 Å². The first-order chi connectivity index (χ1) is 8.70. The highest BCUT2D eigenvalue weighted by Crippen LogP contribution is 2.10. The summed E-state index contributed by atoms with van der Waals surface area (Å²) >= 11 is 0. The summed E-state index contributed by atoms with van der Waals surface area (Å²) in [5, 5.41) is 9.45. The normalized spacial score (nSPS) is 12.4. The molecule has 0 spiro atoms. The molecule has 0 atom stereocenters. The molecule has 0 heterocycles. The van der Waals surface area contributed by atoms with Crippen LogP contribution in [0.3, 0.4) is 0 Å². The van der Waals surface area contributed by atoms with Crippen molar-refractivity contribution in [2.45, 2.75) is 53.6 Å². The number of rotatable bonds is 7. The van der Waals surface area contributed by atoms with Crippen molar-refractivity contribution in [2.75, 3.05) is 6.61 Å². The minimum Gasteiger partial charge on any atom is -0.494 e. The molecular formula is C16H29FO2. The summed E-state index contributed by atoms with van der Waals surface area (Å²) in [4.78, 5) is 0. The minimum atomic E-state index is -0.757. The molecule has 19 heavy (non-hydrogen) atoms. The fraction of sp³-hybridized carbons (Fsp3) is 0.625. The molecule has 0 bridgehead atoms. The molecule has 0 radical (unpaired) electrons. The molecular weight excluding hydrogens is 243 g/mol. The lowest BCUT2D eigenvalue weighted by Crippen LogP contribution is -2.20. The van der Waals surface area contributed by atoms with E-state index in [4.69, 9.17) is 4.74 Å². The topological polar surface area (TPSA) is 29.5 Å². The largest absolute Gasteiger partial charge is 0.494 e. The van der Waals surface area contributed by atoms with Gasteiger partial charge in [0.1, 0.15) is 11.6 Å². The second kappa shape index (κ2) is 10.8. The molecule has 2 nitrogen and oxygen atoms in total. The molecule has 0 saturated carbocycles. The van der Waals surface area contributed by atoms with Crippen molar-refractivity contribution in [3.63, 3.8) is 0 Å². The smallest absolute Gasteiger partial charge is 0.119 e. The van der Waals surface area contributed by atoms with Crippen molar-refractivity contribution in [1.29, 1.82) is 0 Å². The third-order valence-electron chi connectivity index (χ3n) is 1.92. The lowest BCUT2D eigenvalue weighted by molar-refractivity contribution is 0.0454. The second-order valence-corrected chi connectivity index (χ2v) is 5.01. The Morgan fingerprint density at radius 1 is 1.32 bits per heavy atom. The van der Waals surface area contributed by atoms with E-state index in [0.717, 1.165) is 0 Å². The van der Waals surface area contributed by atoms with Gasteiger partial charge in [0.15, 0.2) is 0 Å². The van der Waals surface area contributed by atoms with Crippen LogP contribution in [0.5, 0.6) is 0 Å². The van der Waals surface area contributed by atoms with Crippen LogP contribution in [0.4, 0.5) is 4.39 Å². The molecule has 0 aliphatic carbocycles. The predicted octanol–water partition coefficient (Wildman–Crippen LogP) is 4.77. The Hall–Kier alpha value is -1.09. The number of hydrogen-bond donors (Lipinski definition) is 1. The highest BCUT2D eigenvalue weighted by molar-refractivity contribution is 5.19. The quantitative estimate of drug-likeness (QED) is 0.534. The SMILES string of the molecule is C=C(/C=C\C(F)=C/C(C)C)OCCC(C)(C)O.CC. The highest BCUT2D eigenvalue weighted by atomic mass is 19.1. The fourth-order valence-electron chi connectivity index (χ4n) is 1.03. The zero-order chi connectivity index (χ0) is 15.5.